The number of amides is 3. The maximum absolute atomic E-state index is 12.4. The van der Waals surface area contributed by atoms with Gasteiger partial charge in [-0.1, -0.05) is 155 Å². The van der Waals surface area contributed by atoms with E-state index in [1.807, 2.05) is 0 Å². The van der Waals surface area contributed by atoms with E-state index in [0.29, 0.717) is 0 Å². The van der Waals surface area contributed by atoms with E-state index in [9.17, 15) is 9.59 Å². The molecule has 218 valence electrons. The smallest absolute Gasteiger partial charge is 0.326 e. The van der Waals surface area contributed by atoms with Crippen molar-refractivity contribution in [3.8, 4) is 0 Å². The van der Waals surface area contributed by atoms with Crippen LogP contribution in [0.1, 0.15) is 181 Å². The second-order valence-electron chi connectivity index (χ2n) is 11.8. The van der Waals surface area contributed by atoms with Gasteiger partial charge in [-0.25, -0.2) is 9.69 Å². The van der Waals surface area contributed by atoms with Crippen LogP contribution >= 0.6 is 0 Å². The summed E-state index contributed by atoms with van der Waals surface area (Å²) in [6.45, 7) is 4.63. The van der Waals surface area contributed by atoms with Crippen LogP contribution in [-0.4, -0.2) is 29.0 Å². The normalized spacial score (nSPS) is 14.1. The molecule has 1 aliphatic heterocycles. The lowest BCUT2D eigenvalue weighted by molar-refractivity contribution is -0.129. The molecule has 0 aromatic heterocycles. The Bertz CT molecular complexity index is 522. The highest BCUT2D eigenvalue weighted by Crippen LogP contribution is 2.27. The monoisotopic (exact) mass is 521 g/mol. The maximum atomic E-state index is 12.4. The third kappa shape index (κ3) is 16.5. The van der Waals surface area contributed by atoms with E-state index < -0.39 is 5.66 Å². The molecule has 0 bridgehead atoms. The number of unbranched alkanes of at least 4 members (excludes halogenated alkanes) is 22. The number of urea groups is 1. The van der Waals surface area contributed by atoms with Gasteiger partial charge in [0.1, 0.15) is 5.66 Å². The average molecular weight is 522 g/mol. The van der Waals surface area contributed by atoms with Gasteiger partial charge in [-0.2, -0.15) is 0 Å². The van der Waals surface area contributed by atoms with E-state index >= 15 is 0 Å². The minimum atomic E-state index is -0.825. The molecular weight excluding hydrogens is 458 g/mol. The molecule has 3 amide bonds. The molecule has 0 aromatic carbocycles. The molecular formula is C32H63N3O2. The van der Waals surface area contributed by atoms with Crippen molar-refractivity contribution in [3.05, 3.63) is 0 Å². The number of nitrogens with one attached hydrogen (secondary N) is 1. The summed E-state index contributed by atoms with van der Waals surface area (Å²) in [4.78, 5) is 26.2. The summed E-state index contributed by atoms with van der Waals surface area (Å²) in [6, 6.07) is -0.301. The van der Waals surface area contributed by atoms with Crippen LogP contribution in [0, 0.1) is 0 Å². The number of nitrogens with zero attached hydrogens (tertiary/aromatic N) is 1. The van der Waals surface area contributed by atoms with Crippen molar-refractivity contribution in [1.29, 1.82) is 0 Å². The largest absolute Gasteiger partial charge is 0.328 e. The summed E-state index contributed by atoms with van der Waals surface area (Å²) in [5.74, 6) is -0.162. The van der Waals surface area contributed by atoms with Crippen molar-refractivity contribution in [2.45, 2.75) is 186 Å². The van der Waals surface area contributed by atoms with Gasteiger partial charge in [0.05, 0.1) is 6.54 Å². The third-order valence-electron chi connectivity index (χ3n) is 8.22. The minimum Gasteiger partial charge on any atom is -0.328 e. The van der Waals surface area contributed by atoms with Crippen LogP contribution in [0.5, 0.6) is 0 Å². The standard InChI is InChI=1S/C32H63N3O2/c1-3-5-7-9-11-13-15-17-19-21-23-25-27-32(33,35-30(36)29-34-31(35)37)28-26-24-22-20-18-16-14-12-10-8-6-4-2/h3-29,33H2,1-2H3,(H,34,37). The summed E-state index contributed by atoms with van der Waals surface area (Å²) in [5.41, 5.74) is 5.96. The zero-order valence-electron chi connectivity index (χ0n) is 24.9. The first-order chi connectivity index (χ1) is 18.0. The Kier molecular flexibility index (Phi) is 20.9. The summed E-state index contributed by atoms with van der Waals surface area (Å²) >= 11 is 0. The predicted octanol–water partition coefficient (Wildman–Crippen LogP) is 9.38. The fraction of sp³-hybridized carbons (Fsp3) is 0.938. The molecule has 3 N–H and O–H groups in total. The van der Waals surface area contributed by atoms with Gasteiger partial charge >= 0.3 is 6.03 Å². The van der Waals surface area contributed by atoms with E-state index in [2.05, 4.69) is 19.2 Å². The zero-order chi connectivity index (χ0) is 27.0. The summed E-state index contributed by atoms with van der Waals surface area (Å²) in [5, 5.41) is 2.67. The molecule has 0 aliphatic carbocycles. The molecule has 1 heterocycles. The van der Waals surface area contributed by atoms with Crippen LogP contribution in [0.25, 0.3) is 0 Å². The van der Waals surface area contributed by atoms with Gasteiger partial charge in [0, 0.05) is 0 Å². The topological polar surface area (TPSA) is 75.4 Å². The van der Waals surface area contributed by atoms with Gasteiger partial charge < -0.3 is 11.1 Å². The fourth-order valence-corrected chi connectivity index (χ4v) is 5.77. The molecule has 1 fully saturated rings. The van der Waals surface area contributed by atoms with Crippen LogP contribution in [0.2, 0.25) is 0 Å². The number of carbonyl (C=O) groups excluding carboxylic acids is 2. The average Bonchev–Trinajstić information content (AvgIpc) is 3.23. The molecule has 1 saturated heterocycles. The van der Waals surface area contributed by atoms with E-state index in [4.69, 9.17) is 5.73 Å². The molecule has 1 aliphatic rings. The molecule has 0 saturated carbocycles. The Morgan fingerprint density at radius 1 is 0.568 bits per heavy atom. The van der Waals surface area contributed by atoms with Crippen molar-refractivity contribution in [3.63, 3.8) is 0 Å². The van der Waals surface area contributed by atoms with Crippen molar-refractivity contribution in [1.82, 2.24) is 10.2 Å². The zero-order valence-corrected chi connectivity index (χ0v) is 24.9. The van der Waals surface area contributed by atoms with Crippen LogP contribution in [0.4, 0.5) is 4.79 Å². The number of rotatable bonds is 27. The van der Waals surface area contributed by atoms with E-state index in [-0.39, 0.29) is 18.5 Å². The van der Waals surface area contributed by atoms with Crippen molar-refractivity contribution in [2.24, 2.45) is 5.73 Å². The lowest BCUT2D eigenvalue weighted by Crippen LogP contribution is -2.58. The van der Waals surface area contributed by atoms with Crippen molar-refractivity contribution < 1.29 is 9.59 Å². The quantitative estimate of drug-likeness (QED) is 0.0835. The van der Waals surface area contributed by atoms with Gasteiger partial charge in [0.25, 0.3) is 5.91 Å². The van der Waals surface area contributed by atoms with Gasteiger partial charge in [0.2, 0.25) is 0 Å². The van der Waals surface area contributed by atoms with Crippen LogP contribution in [0.15, 0.2) is 0 Å². The lowest BCUT2D eigenvalue weighted by Gasteiger charge is -2.36. The minimum absolute atomic E-state index is 0.0919. The first-order valence-electron chi connectivity index (χ1n) is 16.4. The number of hydrogen-bond acceptors (Lipinski definition) is 3. The Balaban J connectivity index is 2.19. The van der Waals surface area contributed by atoms with E-state index in [1.165, 1.54) is 133 Å². The fourth-order valence-electron chi connectivity index (χ4n) is 5.77. The van der Waals surface area contributed by atoms with Crippen LogP contribution in [-0.2, 0) is 4.79 Å². The highest BCUT2D eigenvalue weighted by molar-refractivity contribution is 6.02. The number of hydrogen-bond donors (Lipinski definition) is 2. The Morgan fingerprint density at radius 2 is 0.865 bits per heavy atom. The highest BCUT2D eigenvalue weighted by Gasteiger charge is 2.43. The van der Waals surface area contributed by atoms with E-state index in [0.717, 1.165) is 38.5 Å². The van der Waals surface area contributed by atoms with E-state index in [1.54, 1.807) is 0 Å². The summed E-state index contributed by atoms with van der Waals surface area (Å²) < 4.78 is 0. The van der Waals surface area contributed by atoms with Gasteiger partial charge in [-0.3, -0.25) is 4.79 Å². The maximum Gasteiger partial charge on any atom is 0.326 e. The Hall–Kier alpha value is -1.10. The Morgan fingerprint density at radius 3 is 1.14 bits per heavy atom. The third-order valence-corrected chi connectivity index (χ3v) is 8.22. The number of imide groups is 1. The molecule has 5 nitrogen and oxygen atoms in total. The lowest BCUT2D eigenvalue weighted by atomic mass is 9.93. The van der Waals surface area contributed by atoms with Gasteiger partial charge in [-0.05, 0) is 25.7 Å². The molecule has 0 aromatic rings. The molecule has 5 heteroatoms. The highest BCUT2D eigenvalue weighted by atomic mass is 16.2. The molecule has 1 rings (SSSR count). The van der Waals surface area contributed by atoms with Gasteiger partial charge in [0.15, 0.2) is 0 Å². The molecule has 0 spiro atoms. The second kappa shape index (κ2) is 22.8. The van der Waals surface area contributed by atoms with Crippen LogP contribution in [0.3, 0.4) is 0 Å². The van der Waals surface area contributed by atoms with Gasteiger partial charge in [-0.15, -0.1) is 0 Å². The number of carbonyl (C=O) groups is 2. The SMILES string of the molecule is CCCCCCCCCCCCCCC(N)(CCCCCCCCCCCCCC)N1C(=O)CNC1=O. The van der Waals surface area contributed by atoms with Crippen LogP contribution < -0.4 is 11.1 Å². The number of nitrogens with two attached hydrogens (primary N) is 1. The molecule has 37 heavy (non-hydrogen) atoms. The first kappa shape index (κ1) is 33.9. The summed E-state index contributed by atoms with van der Waals surface area (Å²) in [6.07, 6.45) is 32.6. The summed E-state index contributed by atoms with van der Waals surface area (Å²) in [7, 11) is 0. The van der Waals surface area contributed by atoms with Crippen molar-refractivity contribution >= 4 is 11.9 Å². The molecule has 0 radical (unpaired) electrons. The van der Waals surface area contributed by atoms with Crippen molar-refractivity contribution in [2.75, 3.05) is 6.54 Å². The first-order valence-corrected chi connectivity index (χ1v) is 16.4. The second-order valence-corrected chi connectivity index (χ2v) is 11.8. The Labute approximate surface area is 230 Å². The predicted molar refractivity (Wildman–Crippen MR) is 159 cm³/mol. The molecule has 0 unspecified atom stereocenters. The molecule has 0 atom stereocenters.